The third-order valence-electron chi connectivity index (χ3n) is 5.74. The minimum atomic E-state index is -4.23. The molecule has 1 fully saturated rings. The number of benzene rings is 1. The molecule has 4 rings (SSSR count). The molecule has 0 aliphatic carbocycles. The molecule has 15 nitrogen and oxygen atoms in total. The first-order chi connectivity index (χ1) is 17.4. The van der Waals surface area contributed by atoms with Gasteiger partial charge in [0.25, 0.3) is 5.56 Å². The van der Waals surface area contributed by atoms with Crippen LogP contribution in [0.25, 0.3) is 11.2 Å². The van der Waals surface area contributed by atoms with Crippen molar-refractivity contribution < 1.29 is 38.1 Å². The molecule has 0 radical (unpaired) electrons. The lowest BCUT2D eigenvalue weighted by atomic mass is 9.96. The van der Waals surface area contributed by atoms with E-state index in [1.807, 2.05) is 0 Å². The van der Waals surface area contributed by atoms with Crippen LogP contribution >= 0.6 is 7.75 Å². The number of hydrogen-bond acceptors (Lipinski definition) is 12. The van der Waals surface area contributed by atoms with Gasteiger partial charge in [-0.2, -0.15) is 10.1 Å². The molecule has 0 saturated carbocycles. The van der Waals surface area contributed by atoms with Gasteiger partial charge in [-0.25, -0.2) is 9.55 Å². The lowest BCUT2D eigenvalue weighted by Crippen LogP contribution is -2.44. The molecule has 3 heterocycles. The first-order valence-corrected chi connectivity index (χ1v) is 12.6. The van der Waals surface area contributed by atoms with E-state index < -0.39 is 56.0 Å². The second-order valence-corrected chi connectivity index (χ2v) is 10.2. The van der Waals surface area contributed by atoms with Crippen molar-refractivity contribution in [3.63, 3.8) is 0 Å². The zero-order valence-corrected chi connectivity index (χ0v) is 21.0. The van der Waals surface area contributed by atoms with Gasteiger partial charge in [0, 0.05) is 0 Å². The smallest absolute Gasteiger partial charge is 0.459 e. The van der Waals surface area contributed by atoms with Crippen molar-refractivity contribution in [2.24, 2.45) is 0 Å². The van der Waals surface area contributed by atoms with E-state index >= 15 is 0 Å². The number of aromatic amines is 1. The van der Waals surface area contributed by atoms with Gasteiger partial charge in [0.2, 0.25) is 5.95 Å². The Labute approximate surface area is 210 Å². The molecule has 2 aromatic heterocycles. The van der Waals surface area contributed by atoms with Gasteiger partial charge in [0.1, 0.15) is 29.6 Å². The molecule has 6 N–H and O–H groups in total. The van der Waals surface area contributed by atoms with Gasteiger partial charge in [-0.15, -0.1) is 0 Å². The number of aliphatic hydroxyl groups excluding tert-OH is 1. The minimum absolute atomic E-state index is 0.0203. The summed E-state index contributed by atoms with van der Waals surface area (Å²) >= 11 is 0. The van der Waals surface area contributed by atoms with E-state index in [0.29, 0.717) is 0 Å². The number of fused-ring (bicyclic) bond motifs is 1. The molecule has 0 amide bonds. The van der Waals surface area contributed by atoms with E-state index in [-0.39, 0.29) is 22.9 Å². The van der Waals surface area contributed by atoms with Crippen LogP contribution in [0.3, 0.4) is 0 Å². The SMILES string of the molecule is COC(=O)[C@H](C)NP(=O)(OC[C@H]1OC(n2cnc3c(=O)[nH]c(N)nc32)C(C)(O)C1O)Oc1ccccc1. The highest BCUT2D eigenvalue weighted by Crippen LogP contribution is 2.47. The van der Waals surface area contributed by atoms with Crippen LogP contribution in [0.1, 0.15) is 20.1 Å². The van der Waals surface area contributed by atoms with Gasteiger partial charge in [0.05, 0.1) is 20.0 Å². The number of nitrogens with zero attached hydrogens (tertiary/aromatic N) is 3. The second-order valence-electron chi connectivity index (χ2n) is 8.54. The number of anilines is 1. The predicted octanol–water partition coefficient (Wildman–Crippen LogP) is 0.0659. The van der Waals surface area contributed by atoms with Crippen LogP contribution in [-0.4, -0.2) is 73.3 Å². The van der Waals surface area contributed by atoms with E-state index in [1.165, 1.54) is 44.0 Å². The van der Waals surface area contributed by atoms with Crippen molar-refractivity contribution in [3.05, 3.63) is 47.0 Å². The van der Waals surface area contributed by atoms with E-state index in [9.17, 15) is 24.4 Å². The van der Waals surface area contributed by atoms with E-state index in [0.717, 1.165) is 0 Å². The summed E-state index contributed by atoms with van der Waals surface area (Å²) in [4.78, 5) is 34.4. The molecule has 6 atom stereocenters. The summed E-state index contributed by atoms with van der Waals surface area (Å²) < 4.78 is 36.4. The maximum Gasteiger partial charge on any atom is 0.459 e. The predicted molar refractivity (Wildman–Crippen MR) is 128 cm³/mol. The Morgan fingerprint density at radius 1 is 1.41 bits per heavy atom. The molecule has 37 heavy (non-hydrogen) atoms. The Bertz CT molecular complexity index is 1380. The summed E-state index contributed by atoms with van der Waals surface area (Å²) in [5.41, 5.74) is 3.09. The zero-order chi connectivity index (χ0) is 27.0. The number of carbonyl (C=O) groups excluding carboxylic acids is 1. The topological polar surface area (TPSA) is 213 Å². The number of aromatic nitrogens is 4. The van der Waals surface area contributed by atoms with Crippen molar-refractivity contribution in [1.29, 1.82) is 0 Å². The number of hydrogen-bond donors (Lipinski definition) is 5. The molecule has 200 valence electrons. The number of para-hydroxylation sites is 1. The number of nitrogen functional groups attached to an aromatic ring is 1. The maximum atomic E-state index is 13.6. The molecule has 1 aliphatic heterocycles. The van der Waals surface area contributed by atoms with Crippen LogP contribution in [0, 0.1) is 0 Å². The Hall–Kier alpha value is -3.33. The van der Waals surface area contributed by atoms with Crippen molar-refractivity contribution >= 4 is 30.8 Å². The van der Waals surface area contributed by atoms with Crippen LogP contribution in [0.15, 0.2) is 41.5 Å². The molecule has 16 heteroatoms. The van der Waals surface area contributed by atoms with Gasteiger partial charge >= 0.3 is 13.7 Å². The highest BCUT2D eigenvalue weighted by molar-refractivity contribution is 7.52. The van der Waals surface area contributed by atoms with Crippen molar-refractivity contribution in [2.75, 3.05) is 19.5 Å². The summed E-state index contributed by atoms with van der Waals surface area (Å²) in [7, 11) is -3.06. The number of imidazole rings is 1. The lowest BCUT2D eigenvalue weighted by molar-refractivity contribution is -0.142. The van der Waals surface area contributed by atoms with Gasteiger partial charge in [-0.05, 0) is 26.0 Å². The average molecular weight is 538 g/mol. The number of H-pyrrole nitrogens is 1. The summed E-state index contributed by atoms with van der Waals surface area (Å²) in [5.74, 6) is -0.705. The highest BCUT2D eigenvalue weighted by Gasteiger charge is 2.54. The van der Waals surface area contributed by atoms with Crippen molar-refractivity contribution in [1.82, 2.24) is 24.6 Å². The number of methoxy groups -OCH3 is 1. The standard InChI is InChI=1S/C21H27N6O9P/c1-11(18(30)33-3)26-37(32,36-12-7-5-4-6-8-12)34-9-13-15(28)21(2,31)19(35-13)27-10-23-14-16(27)24-20(22)25-17(14)29/h4-8,10-11,13,15,19,28,31H,9H2,1-3H3,(H,26,32)(H3,22,24,25,29)/t11-,13+,15?,19?,21?,37?/m0/s1. The minimum Gasteiger partial charge on any atom is -0.468 e. The van der Waals surface area contributed by atoms with Crippen LogP contribution in [0.4, 0.5) is 5.95 Å². The third kappa shape index (κ3) is 5.37. The number of aliphatic hydroxyl groups is 2. The van der Waals surface area contributed by atoms with Crippen molar-refractivity contribution in [3.8, 4) is 5.75 Å². The average Bonchev–Trinajstić information content (AvgIpc) is 3.36. The van der Waals surface area contributed by atoms with Crippen LogP contribution in [-0.2, 0) is 23.4 Å². The summed E-state index contributed by atoms with van der Waals surface area (Å²) in [6.07, 6.45) is -2.83. The number of carbonyl (C=O) groups is 1. The molecule has 1 aromatic carbocycles. The lowest BCUT2D eigenvalue weighted by Gasteiger charge is -2.27. The number of esters is 1. The third-order valence-corrected chi connectivity index (χ3v) is 7.39. The number of rotatable bonds is 9. The molecule has 3 aromatic rings. The molecule has 0 spiro atoms. The molecule has 0 bridgehead atoms. The summed E-state index contributed by atoms with van der Waals surface area (Å²) in [6, 6.07) is 7.02. The van der Waals surface area contributed by atoms with Crippen LogP contribution < -0.4 is 20.9 Å². The van der Waals surface area contributed by atoms with Crippen LogP contribution in [0.2, 0.25) is 0 Å². The fraction of sp³-hybridized carbons (Fsp3) is 0.429. The van der Waals surface area contributed by atoms with Gasteiger partial charge < -0.3 is 29.9 Å². The van der Waals surface area contributed by atoms with Crippen molar-refractivity contribution in [2.45, 2.75) is 43.9 Å². The second kappa shape index (κ2) is 10.2. The quantitative estimate of drug-likeness (QED) is 0.180. The van der Waals surface area contributed by atoms with E-state index in [1.54, 1.807) is 18.2 Å². The van der Waals surface area contributed by atoms with Gasteiger partial charge in [-0.3, -0.25) is 23.7 Å². The molecule has 1 aliphatic rings. The normalized spacial score (nSPS) is 26.0. The first-order valence-electron chi connectivity index (χ1n) is 11.1. The van der Waals surface area contributed by atoms with E-state index in [2.05, 4.69) is 24.8 Å². The van der Waals surface area contributed by atoms with Crippen LogP contribution in [0.5, 0.6) is 5.75 Å². The fourth-order valence-electron chi connectivity index (χ4n) is 3.84. The Morgan fingerprint density at radius 2 is 2.11 bits per heavy atom. The monoisotopic (exact) mass is 538 g/mol. The Morgan fingerprint density at radius 3 is 2.78 bits per heavy atom. The first kappa shape index (κ1) is 26.7. The number of nitrogens with one attached hydrogen (secondary N) is 2. The van der Waals surface area contributed by atoms with Gasteiger partial charge in [0.15, 0.2) is 17.4 Å². The Balaban J connectivity index is 1.57. The molecule has 4 unspecified atom stereocenters. The maximum absolute atomic E-state index is 13.6. The summed E-state index contributed by atoms with van der Waals surface area (Å²) in [6.45, 7) is 2.19. The van der Waals surface area contributed by atoms with Gasteiger partial charge in [-0.1, -0.05) is 18.2 Å². The zero-order valence-electron chi connectivity index (χ0n) is 20.1. The van der Waals surface area contributed by atoms with E-state index in [4.69, 9.17) is 19.5 Å². The summed E-state index contributed by atoms with van der Waals surface area (Å²) in [5, 5.41) is 24.4. The number of nitrogens with two attached hydrogens (primary N) is 1. The molecular formula is C21H27N6O9P. The fourth-order valence-corrected chi connectivity index (χ4v) is 5.34. The molecule has 1 saturated heterocycles. The largest absolute Gasteiger partial charge is 0.468 e. The number of ether oxygens (including phenoxy) is 2. The molecular weight excluding hydrogens is 511 g/mol. The Kier molecular flexibility index (Phi) is 7.37. The highest BCUT2D eigenvalue weighted by atomic mass is 31.2.